The van der Waals surface area contributed by atoms with Crippen LogP contribution in [0.5, 0.6) is 0 Å². The van der Waals surface area contributed by atoms with Gasteiger partial charge in [0.25, 0.3) is 0 Å². The minimum Gasteiger partial charge on any atom is -0.474 e. The lowest BCUT2D eigenvalue weighted by molar-refractivity contribution is 0.404. The Morgan fingerprint density at radius 2 is 2.14 bits per heavy atom. The van der Waals surface area contributed by atoms with Crippen LogP contribution in [0.1, 0.15) is 13.8 Å². The molecule has 14 heavy (non-hydrogen) atoms. The van der Waals surface area contributed by atoms with Crippen LogP contribution in [0.2, 0.25) is 0 Å². The minimum absolute atomic E-state index is 0.836. The van der Waals surface area contributed by atoms with Crippen molar-refractivity contribution in [1.82, 2.24) is 4.90 Å². The van der Waals surface area contributed by atoms with E-state index in [-0.39, 0.29) is 0 Å². The maximum Gasteiger partial charge on any atom is 0.136 e. The molecule has 0 aromatic rings. The number of rotatable bonds is 6. The van der Waals surface area contributed by atoms with E-state index in [0.717, 1.165) is 23.2 Å². The number of hydrogen-bond acceptors (Lipinski definition) is 3. The Hall–Kier alpha value is -0.480. The summed E-state index contributed by atoms with van der Waals surface area (Å²) < 4.78 is 5.78. The Morgan fingerprint density at radius 1 is 1.50 bits per heavy atom. The molecule has 4 heteroatoms. The van der Waals surface area contributed by atoms with E-state index < -0.39 is 0 Å². The van der Waals surface area contributed by atoms with Gasteiger partial charge in [0.15, 0.2) is 0 Å². The summed E-state index contributed by atoms with van der Waals surface area (Å²) in [5, 5.41) is 0. The highest BCUT2D eigenvalue weighted by atomic mass is 32.2. The lowest BCUT2D eigenvalue weighted by Gasteiger charge is -2.20. The second-order valence-electron chi connectivity index (χ2n) is 2.42. The second-order valence-corrected chi connectivity index (χ2v) is 4.08. The molecule has 0 radical (unpaired) electrons. The molecule has 0 unspecified atom stereocenters. The first-order chi connectivity index (χ1) is 6.76. The Balaban J connectivity index is 3.67. The van der Waals surface area contributed by atoms with Crippen LogP contribution in [0.25, 0.3) is 0 Å². The van der Waals surface area contributed by atoms with Gasteiger partial charge in [-0.1, -0.05) is 30.6 Å². The Bertz CT molecular complexity index is 200. The smallest absolute Gasteiger partial charge is 0.136 e. The molecule has 80 valence electrons. The highest BCUT2D eigenvalue weighted by molar-refractivity contribution is 8.23. The molecule has 0 aromatic carbocycles. The van der Waals surface area contributed by atoms with Crippen molar-refractivity contribution in [2.24, 2.45) is 0 Å². The van der Waals surface area contributed by atoms with Gasteiger partial charge < -0.3 is 9.64 Å². The molecule has 0 aromatic heterocycles. The fourth-order valence-corrected chi connectivity index (χ4v) is 2.06. The van der Waals surface area contributed by atoms with Crippen molar-refractivity contribution in [3.63, 3.8) is 0 Å². The molecule has 0 fully saturated rings. The number of hydrogen-bond donors (Lipinski definition) is 0. The maximum atomic E-state index is 5.25. The quantitative estimate of drug-likeness (QED) is 0.514. The van der Waals surface area contributed by atoms with Gasteiger partial charge in [-0.05, 0) is 19.9 Å². The highest BCUT2D eigenvalue weighted by Gasteiger charge is 2.03. The van der Waals surface area contributed by atoms with Gasteiger partial charge in [-0.15, -0.1) is 0 Å². The van der Waals surface area contributed by atoms with Crippen LogP contribution < -0.4 is 0 Å². The fraction of sp³-hybridized carbons (Fsp3) is 0.500. The summed E-state index contributed by atoms with van der Waals surface area (Å²) in [7, 11) is 0. The van der Waals surface area contributed by atoms with E-state index in [1.54, 1.807) is 18.0 Å². The molecule has 0 saturated heterocycles. The molecule has 0 aliphatic heterocycles. The monoisotopic (exact) mass is 231 g/mol. The molecular weight excluding hydrogens is 214 g/mol. The lowest BCUT2D eigenvalue weighted by Crippen LogP contribution is -2.26. The normalized spacial score (nSPS) is 10.1. The van der Waals surface area contributed by atoms with Gasteiger partial charge in [0.1, 0.15) is 4.32 Å². The molecule has 0 bridgehead atoms. The number of nitrogens with zero attached hydrogens (tertiary/aromatic N) is 1. The largest absolute Gasteiger partial charge is 0.474 e. The van der Waals surface area contributed by atoms with Crippen LogP contribution in [0.4, 0.5) is 0 Å². The average Bonchev–Trinajstić information content (AvgIpc) is 2.19. The van der Waals surface area contributed by atoms with Crippen molar-refractivity contribution in [2.75, 3.05) is 18.8 Å². The predicted octanol–water partition coefficient (Wildman–Crippen LogP) is 3.02. The summed E-state index contributed by atoms with van der Waals surface area (Å²) in [6, 6.07) is 0. The van der Waals surface area contributed by atoms with Gasteiger partial charge >= 0.3 is 0 Å². The first-order valence-electron chi connectivity index (χ1n) is 4.59. The summed E-state index contributed by atoms with van der Waals surface area (Å²) in [5.41, 5.74) is 0. The van der Waals surface area contributed by atoms with Gasteiger partial charge in [-0.3, -0.25) is 0 Å². The summed E-state index contributed by atoms with van der Waals surface area (Å²) in [4.78, 5) is 2.15. The minimum atomic E-state index is 0.836. The van der Waals surface area contributed by atoms with Crippen molar-refractivity contribution < 1.29 is 4.74 Å². The Labute approximate surface area is 96.0 Å². The van der Waals surface area contributed by atoms with Crippen molar-refractivity contribution in [3.8, 4) is 0 Å². The Kier molecular flexibility index (Phi) is 8.78. The number of thiocarbonyl (C=S) groups is 1. The molecule has 0 atom stereocenters. The summed E-state index contributed by atoms with van der Waals surface area (Å²) in [6.45, 7) is 9.58. The molecule has 0 N–H and O–H groups in total. The van der Waals surface area contributed by atoms with Gasteiger partial charge in [-0.25, -0.2) is 0 Å². The average molecular weight is 231 g/mol. The zero-order valence-corrected chi connectivity index (χ0v) is 10.4. The van der Waals surface area contributed by atoms with Crippen LogP contribution >= 0.6 is 24.0 Å². The molecule has 2 nitrogen and oxygen atoms in total. The van der Waals surface area contributed by atoms with Crippen molar-refractivity contribution in [2.45, 2.75) is 13.8 Å². The molecule has 0 amide bonds. The van der Waals surface area contributed by atoms with E-state index >= 15 is 0 Å². The van der Waals surface area contributed by atoms with Gasteiger partial charge in [-0.2, -0.15) is 0 Å². The molecule has 0 saturated carbocycles. The van der Waals surface area contributed by atoms with E-state index in [4.69, 9.17) is 17.0 Å². The van der Waals surface area contributed by atoms with Crippen molar-refractivity contribution in [3.05, 3.63) is 25.2 Å². The van der Waals surface area contributed by atoms with Crippen LogP contribution in [0, 0.1) is 0 Å². The molecular formula is C10H17NOS2. The van der Waals surface area contributed by atoms with Crippen LogP contribution in [-0.2, 0) is 4.74 Å². The third-order valence-corrected chi connectivity index (χ3v) is 3.07. The zero-order chi connectivity index (χ0) is 10.8. The third-order valence-electron chi connectivity index (χ3n) is 1.60. The zero-order valence-electron chi connectivity index (χ0n) is 8.73. The number of thioether (sulfide) groups is 1. The van der Waals surface area contributed by atoms with Crippen molar-refractivity contribution in [1.29, 1.82) is 0 Å². The van der Waals surface area contributed by atoms with Gasteiger partial charge in [0.2, 0.25) is 0 Å². The van der Waals surface area contributed by atoms with Crippen LogP contribution in [0.3, 0.4) is 0 Å². The standard InChI is InChI=1S/C10H17NOS2/c1-4-11(5-2)10(13)14-9-7-8-12-6-3/h6-8H,3-5,9H2,1-2H3/b8-7+. The van der Waals surface area contributed by atoms with Gasteiger partial charge in [0, 0.05) is 18.8 Å². The van der Waals surface area contributed by atoms with Crippen LogP contribution in [0.15, 0.2) is 25.2 Å². The Morgan fingerprint density at radius 3 is 2.64 bits per heavy atom. The number of ether oxygens (including phenoxy) is 1. The highest BCUT2D eigenvalue weighted by Crippen LogP contribution is 2.09. The topological polar surface area (TPSA) is 12.5 Å². The van der Waals surface area contributed by atoms with Crippen molar-refractivity contribution >= 4 is 28.3 Å². The van der Waals surface area contributed by atoms with E-state index in [1.165, 1.54) is 6.26 Å². The van der Waals surface area contributed by atoms with E-state index in [1.807, 2.05) is 6.08 Å². The summed E-state index contributed by atoms with van der Waals surface area (Å²) in [5.74, 6) is 0.836. The van der Waals surface area contributed by atoms with E-state index in [2.05, 4.69) is 25.3 Å². The first-order valence-corrected chi connectivity index (χ1v) is 5.98. The molecule has 0 heterocycles. The SMILES string of the molecule is C=CO/C=C/CSC(=S)N(CC)CC. The lowest BCUT2D eigenvalue weighted by atomic mass is 10.6. The molecule has 0 spiro atoms. The van der Waals surface area contributed by atoms with E-state index in [0.29, 0.717) is 0 Å². The molecule has 0 aliphatic carbocycles. The van der Waals surface area contributed by atoms with E-state index in [9.17, 15) is 0 Å². The summed E-state index contributed by atoms with van der Waals surface area (Å²) in [6.07, 6.45) is 4.93. The van der Waals surface area contributed by atoms with Crippen LogP contribution in [-0.4, -0.2) is 28.1 Å². The molecule has 0 rings (SSSR count). The fourth-order valence-electron chi connectivity index (χ4n) is 0.843. The first kappa shape index (κ1) is 13.5. The summed E-state index contributed by atoms with van der Waals surface area (Å²) >= 11 is 6.89. The second kappa shape index (κ2) is 9.09. The molecule has 0 aliphatic rings. The predicted molar refractivity (Wildman–Crippen MR) is 68.4 cm³/mol. The third kappa shape index (κ3) is 6.05. The van der Waals surface area contributed by atoms with Gasteiger partial charge in [0.05, 0.1) is 12.5 Å². The maximum absolute atomic E-state index is 5.25.